The van der Waals surface area contributed by atoms with E-state index in [0.29, 0.717) is 22.8 Å². The molecule has 4 rings (SSSR count). The van der Waals surface area contributed by atoms with Crippen LogP contribution in [0.3, 0.4) is 0 Å². The average Bonchev–Trinajstić information content (AvgIpc) is 2.72. The summed E-state index contributed by atoms with van der Waals surface area (Å²) in [5.41, 5.74) is 1.75. The molecule has 0 spiro atoms. The van der Waals surface area contributed by atoms with Gasteiger partial charge in [-0.25, -0.2) is 0 Å². The monoisotopic (exact) mass is 363 g/mol. The van der Waals surface area contributed by atoms with Crippen LogP contribution in [-0.4, -0.2) is 22.8 Å². The molecular formula is C22H21NO4. The zero-order valence-electron chi connectivity index (χ0n) is 15.0. The Hall–Kier alpha value is -3.05. The van der Waals surface area contributed by atoms with Gasteiger partial charge in [0.05, 0.1) is 6.20 Å². The second kappa shape index (κ2) is 7.68. The molecule has 0 saturated heterocycles. The summed E-state index contributed by atoms with van der Waals surface area (Å²) < 4.78 is 17.6. The molecule has 27 heavy (non-hydrogen) atoms. The molecule has 0 fully saturated rings. The van der Waals surface area contributed by atoms with Crippen molar-refractivity contribution in [1.82, 2.24) is 4.98 Å². The van der Waals surface area contributed by atoms with Crippen LogP contribution in [0.2, 0.25) is 0 Å². The number of hydrogen-bond donors (Lipinski definition) is 1. The quantitative estimate of drug-likeness (QED) is 0.740. The van der Waals surface area contributed by atoms with E-state index < -0.39 is 12.2 Å². The number of hydrogen-bond acceptors (Lipinski definition) is 5. The number of rotatable bonds is 5. The van der Waals surface area contributed by atoms with Gasteiger partial charge in [0, 0.05) is 11.8 Å². The predicted molar refractivity (Wildman–Crippen MR) is 101 cm³/mol. The van der Waals surface area contributed by atoms with Gasteiger partial charge in [-0.2, -0.15) is 0 Å². The smallest absolute Gasteiger partial charge is 0.163 e. The van der Waals surface area contributed by atoms with Gasteiger partial charge >= 0.3 is 0 Å². The van der Waals surface area contributed by atoms with Crippen LogP contribution in [0.4, 0.5) is 0 Å². The fourth-order valence-corrected chi connectivity index (χ4v) is 3.11. The minimum Gasteiger partial charge on any atom is -0.489 e. The lowest BCUT2D eigenvalue weighted by molar-refractivity contribution is -0.0106. The minimum atomic E-state index is -0.815. The second-order valence-electron chi connectivity index (χ2n) is 6.47. The van der Waals surface area contributed by atoms with Crippen LogP contribution >= 0.6 is 0 Å². The molecule has 3 aromatic rings. The minimum absolute atomic E-state index is 0.103. The van der Waals surface area contributed by atoms with Crippen LogP contribution in [0.15, 0.2) is 73.1 Å². The van der Waals surface area contributed by atoms with Crippen molar-refractivity contribution in [3.05, 3.63) is 84.2 Å². The number of fused-ring (bicyclic) bond motifs is 1. The molecule has 0 amide bonds. The SMILES string of the molecule is CC(Oc1ccc2c(c1)[C@H](O)[C@H](Oc1cccnc1)CO2)c1ccccc1. The van der Waals surface area contributed by atoms with Crippen LogP contribution in [0.25, 0.3) is 0 Å². The lowest BCUT2D eigenvalue weighted by Crippen LogP contribution is -2.35. The molecule has 1 unspecified atom stereocenters. The topological polar surface area (TPSA) is 60.8 Å². The molecule has 1 aliphatic heterocycles. The van der Waals surface area contributed by atoms with E-state index >= 15 is 0 Å². The standard InChI is InChI=1S/C22H21NO4/c1-15(16-6-3-2-4-7-16)26-17-9-10-20-19(12-17)22(24)21(14-25-20)27-18-8-5-11-23-13-18/h2-13,15,21-22,24H,14H2,1H3/t15?,21-,22+/m1/s1. The fourth-order valence-electron chi connectivity index (χ4n) is 3.11. The first-order valence-corrected chi connectivity index (χ1v) is 8.94. The van der Waals surface area contributed by atoms with Gasteiger partial charge in [-0.05, 0) is 42.8 Å². The first kappa shape index (κ1) is 17.4. The number of benzene rings is 2. The molecule has 2 aromatic carbocycles. The van der Waals surface area contributed by atoms with Gasteiger partial charge in [-0.3, -0.25) is 4.98 Å². The Bertz CT molecular complexity index is 885. The van der Waals surface area contributed by atoms with E-state index in [-0.39, 0.29) is 12.7 Å². The Kier molecular flexibility index (Phi) is 4.94. The van der Waals surface area contributed by atoms with Gasteiger partial charge in [0.15, 0.2) is 6.10 Å². The summed E-state index contributed by atoms with van der Waals surface area (Å²) >= 11 is 0. The maximum absolute atomic E-state index is 10.8. The zero-order chi connectivity index (χ0) is 18.6. The lowest BCUT2D eigenvalue weighted by atomic mass is 10.0. The highest BCUT2D eigenvalue weighted by Crippen LogP contribution is 2.37. The van der Waals surface area contributed by atoms with E-state index in [2.05, 4.69) is 4.98 Å². The molecule has 0 radical (unpaired) electrons. The van der Waals surface area contributed by atoms with Gasteiger partial charge in [0.2, 0.25) is 0 Å². The predicted octanol–water partition coefficient (Wildman–Crippen LogP) is 4.10. The Balaban J connectivity index is 1.51. The first-order valence-electron chi connectivity index (χ1n) is 8.94. The third-order valence-electron chi connectivity index (χ3n) is 4.56. The van der Waals surface area contributed by atoms with E-state index in [9.17, 15) is 5.11 Å². The molecule has 1 aliphatic rings. The summed E-state index contributed by atoms with van der Waals surface area (Å²) in [4.78, 5) is 4.03. The molecule has 5 nitrogen and oxygen atoms in total. The number of ether oxygens (including phenoxy) is 3. The maximum atomic E-state index is 10.8. The Morgan fingerprint density at radius 1 is 1.07 bits per heavy atom. The van der Waals surface area contributed by atoms with E-state index in [4.69, 9.17) is 14.2 Å². The van der Waals surface area contributed by atoms with Crippen LogP contribution < -0.4 is 14.2 Å². The molecule has 2 heterocycles. The van der Waals surface area contributed by atoms with Gasteiger partial charge < -0.3 is 19.3 Å². The third-order valence-corrected chi connectivity index (χ3v) is 4.56. The van der Waals surface area contributed by atoms with Crippen LogP contribution in [0.1, 0.15) is 30.3 Å². The largest absolute Gasteiger partial charge is 0.489 e. The Labute approximate surface area is 158 Å². The van der Waals surface area contributed by atoms with E-state index in [0.717, 1.165) is 5.56 Å². The number of aliphatic hydroxyl groups is 1. The highest BCUT2D eigenvalue weighted by atomic mass is 16.5. The van der Waals surface area contributed by atoms with Crippen molar-refractivity contribution in [1.29, 1.82) is 0 Å². The summed E-state index contributed by atoms with van der Waals surface area (Å²) in [6.45, 7) is 2.26. The van der Waals surface area contributed by atoms with E-state index in [1.807, 2.05) is 55.5 Å². The summed E-state index contributed by atoms with van der Waals surface area (Å²) in [6, 6.07) is 19.1. The summed E-state index contributed by atoms with van der Waals surface area (Å²) in [5, 5.41) is 10.8. The van der Waals surface area contributed by atoms with Crippen molar-refractivity contribution < 1.29 is 19.3 Å². The van der Waals surface area contributed by atoms with E-state index in [1.165, 1.54) is 0 Å². The van der Waals surface area contributed by atoms with Crippen molar-refractivity contribution >= 4 is 0 Å². The van der Waals surface area contributed by atoms with Crippen LogP contribution in [0, 0.1) is 0 Å². The normalized spacial score (nSPS) is 19.5. The van der Waals surface area contributed by atoms with Crippen molar-refractivity contribution in [3.63, 3.8) is 0 Å². The third kappa shape index (κ3) is 3.88. The molecule has 0 bridgehead atoms. The molecule has 1 aromatic heterocycles. The van der Waals surface area contributed by atoms with Crippen LogP contribution in [-0.2, 0) is 0 Å². The molecule has 5 heteroatoms. The van der Waals surface area contributed by atoms with Crippen molar-refractivity contribution in [2.45, 2.75) is 25.2 Å². The average molecular weight is 363 g/mol. The Morgan fingerprint density at radius 2 is 1.93 bits per heavy atom. The first-order chi connectivity index (χ1) is 13.2. The fraction of sp³-hybridized carbons (Fsp3) is 0.227. The van der Waals surface area contributed by atoms with Crippen molar-refractivity contribution in [2.24, 2.45) is 0 Å². The summed E-state index contributed by atoms with van der Waals surface area (Å²) in [5.74, 6) is 1.92. The second-order valence-corrected chi connectivity index (χ2v) is 6.47. The molecule has 138 valence electrons. The molecule has 0 saturated carbocycles. The highest BCUT2D eigenvalue weighted by Gasteiger charge is 2.31. The van der Waals surface area contributed by atoms with Gasteiger partial charge in [-0.1, -0.05) is 30.3 Å². The molecule has 3 atom stereocenters. The summed E-state index contributed by atoms with van der Waals surface area (Å²) in [7, 11) is 0. The molecular weight excluding hydrogens is 342 g/mol. The van der Waals surface area contributed by atoms with Gasteiger partial charge in [-0.15, -0.1) is 0 Å². The number of nitrogens with zero attached hydrogens (tertiary/aromatic N) is 1. The molecule has 1 N–H and O–H groups in total. The van der Waals surface area contributed by atoms with Crippen molar-refractivity contribution in [2.75, 3.05) is 6.61 Å². The van der Waals surface area contributed by atoms with Gasteiger partial charge in [0.1, 0.15) is 36.1 Å². The summed E-state index contributed by atoms with van der Waals surface area (Å²) in [6.07, 6.45) is 1.86. The number of aliphatic hydroxyl groups excluding tert-OH is 1. The van der Waals surface area contributed by atoms with E-state index in [1.54, 1.807) is 24.5 Å². The zero-order valence-corrected chi connectivity index (χ0v) is 15.0. The van der Waals surface area contributed by atoms with Crippen molar-refractivity contribution in [3.8, 4) is 17.2 Å². The van der Waals surface area contributed by atoms with Crippen LogP contribution in [0.5, 0.6) is 17.2 Å². The number of pyridine rings is 1. The lowest BCUT2D eigenvalue weighted by Gasteiger charge is -2.31. The van der Waals surface area contributed by atoms with Gasteiger partial charge in [0.25, 0.3) is 0 Å². The maximum Gasteiger partial charge on any atom is 0.163 e. The highest BCUT2D eigenvalue weighted by molar-refractivity contribution is 5.44. The molecule has 0 aliphatic carbocycles. The number of aromatic nitrogens is 1. The Morgan fingerprint density at radius 3 is 2.70 bits per heavy atom.